The van der Waals surface area contributed by atoms with E-state index in [2.05, 4.69) is 9.72 Å². The lowest BCUT2D eigenvalue weighted by atomic mass is 10.3. The third-order valence-corrected chi connectivity index (χ3v) is 1.88. The van der Waals surface area contributed by atoms with E-state index in [4.69, 9.17) is 0 Å². The molecule has 0 radical (unpaired) electrons. The van der Waals surface area contributed by atoms with Crippen molar-refractivity contribution in [1.82, 2.24) is 4.98 Å². The lowest BCUT2D eigenvalue weighted by Crippen LogP contribution is -2.17. The summed E-state index contributed by atoms with van der Waals surface area (Å²) in [6, 6.07) is 1.01. The van der Waals surface area contributed by atoms with Crippen molar-refractivity contribution in [2.24, 2.45) is 0 Å². The first-order valence-electron chi connectivity index (χ1n) is 3.41. The molecule has 0 saturated heterocycles. The van der Waals surface area contributed by atoms with Crippen LogP contribution in [0.4, 0.5) is 13.2 Å². The largest absolute Gasteiger partial charge is 0.573 e. The Morgan fingerprint density at radius 2 is 2.07 bits per heavy atom. The molecular weight excluding hydrogens is 314 g/mol. The number of nitrogens with zero attached hydrogens (tertiary/aromatic N) is 1. The minimum absolute atomic E-state index is 0.0937. The van der Waals surface area contributed by atoms with E-state index in [1.165, 1.54) is 6.92 Å². The van der Waals surface area contributed by atoms with Crippen LogP contribution in [0.5, 0.6) is 11.5 Å². The van der Waals surface area contributed by atoms with Gasteiger partial charge in [-0.2, -0.15) is 0 Å². The van der Waals surface area contributed by atoms with E-state index in [-0.39, 0.29) is 5.69 Å². The van der Waals surface area contributed by atoms with Crippen LogP contribution in [0.1, 0.15) is 5.69 Å². The highest BCUT2D eigenvalue weighted by Crippen LogP contribution is 2.33. The lowest BCUT2D eigenvalue weighted by Gasteiger charge is -2.11. The number of halogens is 4. The van der Waals surface area contributed by atoms with Crippen molar-refractivity contribution in [3.05, 3.63) is 15.5 Å². The van der Waals surface area contributed by atoms with Crippen LogP contribution in [-0.2, 0) is 0 Å². The number of hydrogen-bond donors (Lipinski definition) is 1. The molecule has 0 aromatic carbocycles. The molecule has 14 heavy (non-hydrogen) atoms. The van der Waals surface area contributed by atoms with E-state index in [0.717, 1.165) is 6.07 Å². The van der Waals surface area contributed by atoms with Gasteiger partial charge in [0, 0.05) is 6.07 Å². The predicted octanol–water partition coefficient (Wildman–Crippen LogP) is 2.60. The van der Waals surface area contributed by atoms with Crippen molar-refractivity contribution in [3.63, 3.8) is 0 Å². The molecule has 0 unspecified atom stereocenters. The fourth-order valence-electron chi connectivity index (χ4n) is 0.803. The maximum absolute atomic E-state index is 11.8. The Hall–Kier alpha value is -0.730. The third-order valence-electron chi connectivity index (χ3n) is 1.33. The molecule has 0 amide bonds. The molecule has 0 spiro atoms. The van der Waals surface area contributed by atoms with Crippen LogP contribution in [0.3, 0.4) is 0 Å². The quantitative estimate of drug-likeness (QED) is 0.639. The molecular formula is C7H5F3INO2. The Morgan fingerprint density at radius 3 is 2.57 bits per heavy atom. The van der Waals surface area contributed by atoms with Crippen LogP contribution in [0.25, 0.3) is 0 Å². The summed E-state index contributed by atoms with van der Waals surface area (Å²) in [6.07, 6.45) is -4.81. The lowest BCUT2D eigenvalue weighted by molar-refractivity contribution is -0.275. The Balaban J connectivity index is 3.09. The summed E-state index contributed by atoms with van der Waals surface area (Å²) in [5, 5.41) is 9.19. The molecule has 1 rings (SSSR count). The van der Waals surface area contributed by atoms with Gasteiger partial charge in [-0.1, -0.05) is 0 Å². The summed E-state index contributed by atoms with van der Waals surface area (Å²) in [4.78, 5) is 3.75. The second-order valence-corrected chi connectivity index (χ2v) is 3.53. The van der Waals surface area contributed by atoms with Crippen molar-refractivity contribution in [3.8, 4) is 11.5 Å². The predicted molar refractivity (Wildman–Crippen MR) is 50.0 cm³/mol. The Morgan fingerprint density at radius 1 is 1.50 bits per heavy atom. The van der Waals surface area contributed by atoms with E-state index in [1.807, 2.05) is 0 Å². The second kappa shape index (κ2) is 3.79. The number of alkyl halides is 3. The SMILES string of the molecule is Cc1nc(I)cc(OC(F)(F)F)c1O. The number of hydrogen-bond acceptors (Lipinski definition) is 3. The van der Waals surface area contributed by atoms with Gasteiger partial charge in [-0.25, -0.2) is 4.98 Å². The highest BCUT2D eigenvalue weighted by atomic mass is 127. The van der Waals surface area contributed by atoms with Crippen LogP contribution < -0.4 is 4.74 Å². The van der Waals surface area contributed by atoms with E-state index in [1.54, 1.807) is 22.6 Å². The summed E-state index contributed by atoms with van der Waals surface area (Å²) >= 11 is 1.73. The van der Waals surface area contributed by atoms with E-state index in [9.17, 15) is 18.3 Å². The molecule has 78 valence electrons. The minimum Gasteiger partial charge on any atom is -0.503 e. The fraction of sp³-hybridized carbons (Fsp3) is 0.286. The summed E-state index contributed by atoms with van der Waals surface area (Å²) in [6.45, 7) is 1.39. The zero-order valence-electron chi connectivity index (χ0n) is 6.89. The van der Waals surface area contributed by atoms with Crippen molar-refractivity contribution in [2.45, 2.75) is 13.3 Å². The Kier molecular flexibility index (Phi) is 3.07. The third kappa shape index (κ3) is 2.89. The van der Waals surface area contributed by atoms with Crippen molar-refractivity contribution >= 4 is 22.6 Å². The molecule has 0 fully saturated rings. The van der Waals surface area contributed by atoms with Gasteiger partial charge in [-0.05, 0) is 29.5 Å². The Labute approximate surface area is 91.0 Å². The molecule has 0 aliphatic heterocycles. The van der Waals surface area contributed by atoms with Gasteiger partial charge in [0.05, 0.1) is 5.69 Å². The molecule has 0 bridgehead atoms. The van der Waals surface area contributed by atoms with E-state index >= 15 is 0 Å². The zero-order valence-corrected chi connectivity index (χ0v) is 9.05. The first-order chi connectivity index (χ1) is 6.29. The smallest absolute Gasteiger partial charge is 0.503 e. The average molecular weight is 319 g/mol. The van der Waals surface area contributed by atoms with Crippen LogP contribution in [0, 0.1) is 10.6 Å². The molecule has 1 aromatic rings. The standard InChI is InChI=1S/C7H5F3INO2/c1-3-6(13)4(2-5(11)12-3)14-7(8,9)10/h2,13H,1H3. The summed E-state index contributed by atoms with van der Waals surface area (Å²) in [7, 11) is 0. The van der Waals surface area contributed by atoms with Crippen LogP contribution in [0.15, 0.2) is 6.07 Å². The normalized spacial score (nSPS) is 11.5. The highest BCUT2D eigenvalue weighted by Gasteiger charge is 2.32. The van der Waals surface area contributed by atoms with E-state index in [0.29, 0.717) is 3.70 Å². The average Bonchev–Trinajstić information content (AvgIpc) is 1.96. The molecule has 0 aliphatic rings. The zero-order chi connectivity index (χ0) is 10.9. The number of aromatic hydroxyl groups is 1. The van der Waals surface area contributed by atoms with Gasteiger partial charge in [0.2, 0.25) is 0 Å². The molecule has 7 heteroatoms. The van der Waals surface area contributed by atoms with Crippen LogP contribution in [-0.4, -0.2) is 16.5 Å². The van der Waals surface area contributed by atoms with Gasteiger partial charge >= 0.3 is 6.36 Å². The first kappa shape index (κ1) is 11.3. The van der Waals surface area contributed by atoms with Gasteiger partial charge in [-0.3, -0.25) is 0 Å². The summed E-state index contributed by atoms with van der Waals surface area (Å²) in [5.41, 5.74) is 0.0937. The van der Waals surface area contributed by atoms with Crippen molar-refractivity contribution < 1.29 is 23.0 Å². The number of aryl methyl sites for hydroxylation is 1. The molecule has 1 N–H and O–H groups in total. The summed E-state index contributed by atoms with van der Waals surface area (Å²) in [5.74, 6) is -1.22. The number of rotatable bonds is 1. The molecule has 0 saturated carbocycles. The van der Waals surface area contributed by atoms with Gasteiger partial charge in [0.25, 0.3) is 0 Å². The highest BCUT2D eigenvalue weighted by molar-refractivity contribution is 14.1. The van der Waals surface area contributed by atoms with Gasteiger partial charge in [0.1, 0.15) is 3.70 Å². The van der Waals surface area contributed by atoms with Crippen molar-refractivity contribution in [1.29, 1.82) is 0 Å². The van der Waals surface area contributed by atoms with Gasteiger partial charge in [-0.15, -0.1) is 13.2 Å². The molecule has 1 aromatic heterocycles. The monoisotopic (exact) mass is 319 g/mol. The number of aromatic nitrogens is 1. The van der Waals surface area contributed by atoms with Gasteiger partial charge in [0.15, 0.2) is 11.5 Å². The molecule has 1 heterocycles. The molecule has 3 nitrogen and oxygen atoms in total. The minimum atomic E-state index is -4.81. The van der Waals surface area contributed by atoms with Crippen LogP contribution in [0.2, 0.25) is 0 Å². The van der Waals surface area contributed by atoms with Gasteiger partial charge < -0.3 is 9.84 Å². The topological polar surface area (TPSA) is 42.4 Å². The molecule has 0 atom stereocenters. The van der Waals surface area contributed by atoms with Crippen molar-refractivity contribution in [2.75, 3.05) is 0 Å². The number of pyridine rings is 1. The summed E-state index contributed by atoms with van der Waals surface area (Å²) < 4.78 is 39.4. The first-order valence-corrected chi connectivity index (χ1v) is 4.49. The molecule has 0 aliphatic carbocycles. The maximum Gasteiger partial charge on any atom is 0.573 e. The van der Waals surface area contributed by atoms with E-state index < -0.39 is 17.9 Å². The number of ether oxygens (including phenoxy) is 1. The second-order valence-electron chi connectivity index (χ2n) is 2.42. The maximum atomic E-state index is 11.8. The Bertz CT molecular complexity index is 354. The fourth-order valence-corrected chi connectivity index (χ4v) is 1.45. The van der Waals surface area contributed by atoms with Crippen LogP contribution >= 0.6 is 22.6 Å².